The maximum Gasteiger partial charge on any atom is 0.274 e. The molecule has 2 N–H and O–H groups in total. The third-order valence-electron chi connectivity index (χ3n) is 3.66. The van der Waals surface area contributed by atoms with E-state index >= 15 is 0 Å². The number of pyridine rings is 1. The molecule has 110 valence electrons. The van der Waals surface area contributed by atoms with Crippen LogP contribution in [0.5, 0.6) is 0 Å². The van der Waals surface area contributed by atoms with E-state index in [0.717, 1.165) is 6.42 Å². The van der Waals surface area contributed by atoms with Gasteiger partial charge in [-0.1, -0.05) is 11.6 Å². The lowest BCUT2D eigenvalue weighted by Gasteiger charge is -2.22. The lowest BCUT2D eigenvalue weighted by atomic mass is 9.98. The molecule has 1 atom stereocenters. The Labute approximate surface area is 123 Å². The van der Waals surface area contributed by atoms with E-state index < -0.39 is 5.60 Å². The van der Waals surface area contributed by atoms with Crippen LogP contribution in [0.25, 0.3) is 0 Å². The first-order valence-corrected chi connectivity index (χ1v) is 7.17. The molecule has 0 bridgehead atoms. The van der Waals surface area contributed by atoms with Crippen LogP contribution in [0.3, 0.4) is 0 Å². The molecule has 1 unspecified atom stereocenters. The summed E-state index contributed by atoms with van der Waals surface area (Å²) >= 11 is 6.08. The Morgan fingerprint density at radius 2 is 2.20 bits per heavy atom. The highest BCUT2D eigenvalue weighted by Gasteiger charge is 2.28. The fraction of sp³-hybridized carbons (Fsp3) is 0.571. The maximum atomic E-state index is 12.5. The third-order valence-corrected chi connectivity index (χ3v) is 3.96. The zero-order valence-electron chi connectivity index (χ0n) is 11.8. The van der Waals surface area contributed by atoms with Crippen molar-refractivity contribution in [2.45, 2.75) is 31.8 Å². The summed E-state index contributed by atoms with van der Waals surface area (Å²) in [5, 5.41) is 13.3. The zero-order chi connectivity index (χ0) is 14.8. The number of nitrogens with zero attached hydrogens (tertiary/aromatic N) is 2. The van der Waals surface area contributed by atoms with Crippen molar-refractivity contribution in [1.29, 1.82) is 0 Å². The van der Waals surface area contributed by atoms with Gasteiger partial charge in [-0.05, 0) is 38.3 Å². The molecule has 0 aliphatic carbocycles. The number of anilines is 1. The van der Waals surface area contributed by atoms with Gasteiger partial charge in [-0.15, -0.1) is 0 Å². The molecule has 1 saturated heterocycles. The summed E-state index contributed by atoms with van der Waals surface area (Å²) in [6.07, 6.45) is 2.05. The van der Waals surface area contributed by atoms with Crippen molar-refractivity contribution >= 4 is 23.3 Å². The summed E-state index contributed by atoms with van der Waals surface area (Å²) in [5.74, 6) is 0.435. The van der Waals surface area contributed by atoms with Gasteiger partial charge in [0.05, 0.1) is 10.6 Å². The van der Waals surface area contributed by atoms with Crippen molar-refractivity contribution in [3.63, 3.8) is 0 Å². The number of nitrogens with one attached hydrogen (secondary N) is 1. The van der Waals surface area contributed by atoms with Gasteiger partial charge in [0.15, 0.2) is 0 Å². The number of hydrogen-bond donors (Lipinski definition) is 2. The average Bonchev–Trinajstić information content (AvgIpc) is 2.59. The van der Waals surface area contributed by atoms with Crippen LogP contribution >= 0.6 is 11.6 Å². The summed E-state index contributed by atoms with van der Waals surface area (Å²) < 4.78 is 0. The lowest BCUT2D eigenvalue weighted by molar-refractivity contribution is 0.0437. The molecule has 1 aromatic heterocycles. The van der Waals surface area contributed by atoms with E-state index in [9.17, 15) is 9.90 Å². The third kappa shape index (κ3) is 3.41. The van der Waals surface area contributed by atoms with Gasteiger partial charge in [-0.25, -0.2) is 4.98 Å². The monoisotopic (exact) mass is 297 g/mol. The first-order chi connectivity index (χ1) is 9.43. The zero-order valence-corrected chi connectivity index (χ0v) is 12.6. The Morgan fingerprint density at radius 1 is 1.45 bits per heavy atom. The van der Waals surface area contributed by atoms with Gasteiger partial charge in [0.25, 0.3) is 5.91 Å². The average molecular weight is 298 g/mol. The van der Waals surface area contributed by atoms with E-state index in [0.29, 0.717) is 36.8 Å². The van der Waals surface area contributed by atoms with Crippen LogP contribution in [0.2, 0.25) is 5.02 Å². The van der Waals surface area contributed by atoms with E-state index in [1.807, 2.05) is 6.92 Å². The van der Waals surface area contributed by atoms with Gasteiger partial charge >= 0.3 is 0 Å². The topological polar surface area (TPSA) is 65.5 Å². The molecule has 0 spiro atoms. The minimum Gasteiger partial charge on any atom is -0.390 e. The van der Waals surface area contributed by atoms with Gasteiger partial charge < -0.3 is 15.3 Å². The highest BCUT2D eigenvalue weighted by atomic mass is 35.5. The Bertz CT molecular complexity index is 505. The highest BCUT2D eigenvalue weighted by Crippen LogP contribution is 2.24. The Hall–Kier alpha value is -1.33. The number of carbonyl (C=O) groups is 1. The van der Waals surface area contributed by atoms with Crippen LogP contribution < -0.4 is 5.32 Å². The first kappa shape index (κ1) is 15.1. The summed E-state index contributed by atoms with van der Waals surface area (Å²) in [6, 6.07) is 3.40. The Kier molecular flexibility index (Phi) is 4.50. The second-order valence-electron chi connectivity index (χ2n) is 5.42. The molecule has 1 aliphatic heterocycles. The van der Waals surface area contributed by atoms with E-state index in [1.54, 1.807) is 24.1 Å². The normalized spacial score (nSPS) is 23.3. The van der Waals surface area contributed by atoms with Gasteiger partial charge in [-0.3, -0.25) is 4.79 Å². The van der Waals surface area contributed by atoms with Crippen LogP contribution in [-0.4, -0.2) is 46.6 Å². The predicted octanol–water partition coefficient (Wildman–Crippen LogP) is 2.15. The Morgan fingerprint density at radius 3 is 2.90 bits per heavy atom. The van der Waals surface area contributed by atoms with Gasteiger partial charge in [0.1, 0.15) is 11.5 Å². The minimum atomic E-state index is -0.695. The second-order valence-corrected chi connectivity index (χ2v) is 5.83. The predicted molar refractivity (Wildman–Crippen MR) is 79.2 cm³/mol. The molecule has 5 nitrogen and oxygen atoms in total. The molecule has 1 fully saturated rings. The lowest BCUT2D eigenvalue weighted by Crippen LogP contribution is -2.34. The Balaban J connectivity index is 2.18. The summed E-state index contributed by atoms with van der Waals surface area (Å²) in [6.45, 7) is 2.96. The highest BCUT2D eigenvalue weighted by molar-refractivity contribution is 6.33. The quantitative estimate of drug-likeness (QED) is 0.878. The molecule has 2 heterocycles. The summed E-state index contributed by atoms with van der Waals surface area (Å²) in [4.78, 5) is 18.5. The number of halogens is 1. The number of aromatic nitrogens is 1. The van der Waals surface area contributed by atoms with Crippen molar-refractivity contribution < 1.29 is 9.90 Å². The van der Waals surface area contributed by atoms with Gasteiger partial charge in [-0.2, -0.15) is 0 Å². The summed E-state index contributed by atoms with van der Waals surface area (Å²) in [7, 11) is 1.74. The minimum absolute atomic E-state index is 0.176. The molecule has 20 heavy (non-hydrogen) atoms. The largest absolute Gasteiger partial charge is 0.390 e. The first-order valence-electron chi connectivity index (χ1n) is 6.79. The van der Waals surface area contributed by atoms with Gasteiger partial charge in [0.2, 0.25) is 0 Å². The molecule has 6 heteroatoms. The molecular formula is C14H20ClN3O2. The number of likely N-dealkylation sites (tertiary alicyclic amines) is 1. The van der Waals surface area contributed by atoms with Crippen LogP contribution in [0.1, 0.15) is 36.7 Å². The van der Waals surface area contributed by atoms with Crippen molar-refractivity contribution in [3.05, 3.63) is 22.8 Å². The number of hydrogen-bond acceptors (Lipinski definition) is 4. The van der Waals surface area contributed by atoms with Crippen molar-refractivity contribution in [1.82, 2.24) is 9.88 Å². The van der Waals surface area contributed by atoms with Crippen molar-refractivity contribution in [2.75, 3.05) is 25.5 Å². The van der Waals surface area contributed by atoms with E-state index in [-0.39, 0.29) is 11.6 Å². The molecule has 1 aromatic rings. The number of aliphatic hydroxyl groups is 1. The van der Waals surface area contributed by atoms with Gasteiger partial charge in [0, 0.05) is 20.1 Å². The second kappa shape index (κ2) is 5.97. The molecule has 2 rings (SSSR count). The summed E-state index contributed by atoms with van der Waals surface area (Å²) in [5.41, 5.74) is -0.431. The van der Waals surface area contributed by atoms with Crippen LogP contribution in [0.15, 0.2) is 12.1 Å². The van der Waals surface area contributed by atoms with Crippen LogP contribution in [0, 0.1) is 0 Å². The number of amides is 1. The molecule has 1 aliphatic rings. The number of carbonyl (C=O) groups excluding carboxylic acids is 1. The van der Waals surface area contributed by atoms with E-state index in [2.05, 4.69) is 10.3 Å². The standard InChI is InChI=1S/C14H20ClN3O2/c1-14(20)6-3-8-18(9-7-14)13(19)12-10(15)4-5-11(16-2)17-12/h4-5,20H,3,6-9H2,1-2H3,(H,16,17). The van der Waals surface area contributed by atoms with E-state index in [1.165, 1.54) is 0 Å². The van der Waals surface area contributed by atoms with E-state index in [4.69, 9.17) is 11.6 Å². The fourth-order valence-electron chi connectivity index (χ4n) is 2.35. The molecule has 0 saturated carbocycles. The molecule has 0 aromatic carbocycles. The van der Waals surface area contributed by atoms with Crippen molar-refractivity contribution in [2.24, 2.45) is 0 Å². The molecule has 1 amide bonds. The smallest absolute Gasteiger partial charge is 0.274 e. The SMILES string of the molecule is CNc1ccc(Cl)c(C(=O)N2CCCC(C)(O)CC2)n1. The molecular weight excluding hydrogens is 278 g/mol. The van der Waals surface area contributed by atoms with Crippen LogP contribution in [0.4, 0.5) is 5.82 Å². The molecule has 0 radical (unpaired) electrons. The van der Waals surface area contributed by atoms with Crippen LogP contribution in [-0.2, 0) is 0 Å². The fourth-order valence-corrected chi connectivity index (χ4v) is 2.53. The number of rotatable bonds is 2. The van der Waals surface area contributed by atoms with Crippen molar-refractivity contribution in [3.8, 4) is 0 Å². The maximum absolute atomic E-state index is 12.5.